The Bertz CT molecular complexity index is 474. The minimum atomic E-state index is -0.345. The summed E-state index contributed by atoms with van der Waals surface area (Å²) in [7, 11) is 0. The van der Waals surface area contributed by atoms with E-state index in [-0.39, 0.29) is 12.6 Å². The molecule has 2 rings (SSSR count). The topological polar surface area (TPSA) is 52.1 Å². The molecule has 0 unspecified atom stereocenters. The van der Waals surface area contributed by atoms with Crippen molar-refractivity contribution in [1.82, 2.24) is 9.59 Å². The molecule has 4 nitrogen and oxygen atoms in total. The van der Waals surface area contributed by atoms with Crippen LogP contribution in [0.1, 0.15) is 10.4 Å². The first-order chi connectivity index (χ1) is 6.83. The summed E-state index contributed by atoms with van der Waals surface area (Å²) >= 11 is 2.60. The maximum atomic E-state index is 11.5. The summed E-state index contributed by atoms with van der Waals surface area (Å²) in [6.45, 7) is 3.69. The molecule has 2 aromatic heterocycles. The van der Waals surface area contributed by atoms with E-state index in [1.807, 2.05) is 0 Å². The monoisotopic (exact) mass is 226 g/mol. The van der Waals surface area contributed by atoms with E-state index in [0.29, 0.717) is 5.56 Å². The van der Waals surface area contributed by atoms with Gasteiger partial charge in [-0.25, -0.2) is 4.79 Å². The first-order valence-corrected chi connectivity index (χ1v) is 5.46. The molecule has 6 heteroatoms. The maximum absolute atomic E-state index is 11.5. The van der Waals surface area contributed by atoms with Crippen molar-refractivity contribution in [2.45, 2.75) is 0 Å². The van der Waals surface area contributed by atoms with Gasteiger partial charge in [-0.05, 0) is 11.5 Å². The standard InChI is InChI=1S/C8H6N2O2S2/c1-2-3-12-8(11)5-4-13-7-6(5)14-10-9-7/h2,4H,1,3H2. The lowest BCUT2D eigenvalue weighted by atomic mass is 10.3. The zero-order valence-corrected chi connectivity index (χ0v) is 8.73. The lowest BCUT2D eigenvalue weighted by Gasteiger charge is -1.97. The first-order valence-electron chi connectivity index (χ1n) is 3.80. The predicted molar refractivity (Wildman–Crippen MR) is 55.8 cm³/mol. The highest BCUT2D eigenvalue weighted by atomic mass is 32.1. The maximum Gasteiger partial charge on any atom is 0.340 e. The Morgan fingerprint density at radius 1 is 1.71 bits per heavy atom. The van der Waals surface area contributed by atoms with Crippen LogP contribution in [0, 0.1) is 0 Å². The highest BCUT2D eigenvalue weighted by Gasteiger charge is 2.15. The van der Waals surface area contributed by atoms with Crippen LogP contribution in [0.15, 0.2) is 18.0 Å². The van der Waals surface area contributed by atoms with Crippen LogP contribution in [-0.4, -0.2) is 22.2 Å². The van der Waals surface area contributed by atoms with Gasteiger partial charge in [0.25, 0.3) is 0 Å². The van der Waals surface area contributed by atoms with Gasteiger partial charge in [0.1, 0.15) is 11.3 Å². The number of fused-ring (bicyclic) bond motifs is 1. The Hall–Kier alpha value is -1.27. The molecule has 0 N–H and O–H groups in total. The average Bonchev–Trinajstić information content (AvgIpc) is 2.74. The van der Waals surface area contributed by atoms with Crippen LogP contribution in [0.5, 0.6) is 0 Å². The number of rotatable bonds is 3. The van der Waals surface area contributed by atoms with Crippen molar-refractivity contribution < 1.29 is 9.53 Å². The van der Waals surface area contributed by atoms with Crippen molar-refractivity contribution in [2.75, 3.05) is 6.61 Å². The number of ether oxygens (including phenoxy) is 1. The number of hydrogen-bond acceptors (Lipinski definition) is 6. The van der Waals surface area contributed by atoms with Gasteiger partial charge >= 0.3 is 5.97 Å². The van der Waals surface area contributed by atoms with Gasteiger partial charge in [-0.2, -0.15) is 0 Å². The van der Waals surface area contributed by atoms with Gasteiger partial charge in [-0.15, -0.1) is 16.4 Å². The molecule has 0 saturated heterocycles. The van der Waals surface area contributed by atoms with Gasteiger partial charge in [0, 0.05) is 5.38 Å². The van der Waals surface area contributed by atoms with Crippen LogP contribution in [0.4, 0.5) is 0 Å². The zero-order valence-electron chi connectivity index (χ0n) is 7.10. The first kappa shape index (κ1) is 9.29. The molecule has 2 aromatic rings. The Morgan fingerprint density at radius 2 is 2.57 bits per heavy atom. The second-order valence-electron chi connectivity index (χ2n) is 2.44. The van der Waals surface area contributed by atoms with Crippen molar-refractivity contribution in [3.63, 3.8) is 0 Å². The summed E-state index contributed by atoms with van der Waals surface area (Å²) in [6.07, 6.45) is 1.53. The van der Waals surface area contributed by atoms with Crippen LogP contribution in [0.25, 0.3) is 9.53 Å². The second kappa shape index (κ2) is 3.85. The SMILES string of the molecule is C=CCOC(=O)c1csc2nnsc12. The van der Waals surface area contributed by atoms with Crippen LogP contribution >= 0.6 is 22.9 Å². The van der Waals surface area contributed by atoms with E-state index in [4.69, 9.17) is 4.74 Å². The van der Waals surface area contributed by atoms with Crippen molar-refractivity contribution in [2.24, 2.45) is 0 Å². The van der Waals surface area contributed by atoms with Crippen molar-refractivity contribution in [1.29, 1.82) is 0 Å². The average molecular weight is 226 g/mol. The van der Waals surface area contributed by atoms with E-state index >= 15 is 0 Å². The number of nitrogens with zero attached hydrogens (tertiary/aromatic N) is 2. The molecule has 0 aliphatic rings. The molecule has 0 radical (unpaired) electrons. The highest BCUT2D eigenvalue weighted by molar-refractivity contribution is 7.24. The van der Waals surface area contributed by atoms with Gasteiger partial charge in [0.2, 0.25) is 0 Å². The summed E-state index contributed by atoms with van der Waals surface area (Å²) in [5, 5.41) is 5.60. The van der Waals surface area contributed by atoms with Crippen LogP contribution in [-0.2, 0) is 4.74 Å². The molecule has 2 heterocycles. The van der Waals surface area contributed by atoms with Crippen molar-refractivity contribution in [3.8, 4) is 0 Å². The fraction of sp³-hybridized carbons (Fsp3) is 0.125. The van der Waals surface area contributed by atoms with E-state index in [2.05, 4.69) is 16.2 Å². The lowest BCUT2D eigenvalue weighted by molar-refractivity contribution is 0.0553. The third kappa shape index (κ3) is 1.53. The molecule has 0 aromatic carbocycles. The fourth-order valence-electron chi connectivity index (χ4n) is 0.946. The molecule has 0 bridgehead atoms. The molecule has 0 aliphatic heterocycles. The normalized spacial score (nSPS) is 10.3. The molecule has 0 spiro atoms. The third-order valence-electron chi connectivity index (χ3n) is 1.54. The number of carbonyl (C=O) groups is 1. The second-order valence-corrected chi connectivity index (χ2v) is 4.06. The molecule has 0 aliphatic carbocycles. The fourth-order valence-corrected chi connectivity index (χ4v) is 2.64. The van der Waals surface area contributed by atoms with Gasteiger partial charge < -0.3 is 4.74 Å². The number of carbonyl (C=O) groups excluding carboxylic acids is 1. The third-order valence-corrected chi connectivity index (χ3v) is 3.29. The molecule has 14 heavy (non-hydrogen) atoms. The van der Waals surface area contributed by atoms with E-state index in [0.717, 1.165) is 9.53 Å². The Balaban J connectivity index is 2.29. The van der Waals surface area contributed by atoms with E-state index in [1.165, 1.54) is 28.9 Å². The summed E-state index contributed by atoms with van der Waals surface area (Å²) in [4.78, 5) is 12.2. The van der Waals surface area contributed by atoms with Crippen LogP contribution in [0.3, 0.4) is 0 Å². The smallest absolute Gasteiger partial charge is 0.340 e. The molecule has 0 amide bonds. The van der Waals surface area contributed by atoms with E-state index < -0.39 is 0 Å². The van der Waals surface area contributed by atoms with Crippen molar-refractivity contribution in [3.05, 3.63) is 23.6 Å². The quantitative estimate of drug-likeness (QED) is 0.594. The highest BCUT2D eigenvalue weighted by Crippen LogP contribution is 2.27. The van der Waals surface area contributed by atoms with Gasteiger partial charge in [-0.3, -0.25) is 0 Å². The molecule has 0 fully saturated rings. The molecule has 0 saturated carbocycles. The summed E-state index contributed by atoms with van der Waals surface area (Å²) in [5.41, 5.74) is 0.543. The molecule has 72 valence electrons. The number of aromatic nitrogens is 2. The number of thiophene rings is 1. The Morgan fingerprint density at radius 3 is 3.36 bits per heavy atom. The molecule has 0 atom stereocenters. The largest absolute Gasteiger partial charge is 0.458 e. The Labute approximate surface area is 88.0 Å². The van der Waals surface area contributed by atoms with Crippen LogP contribution in [0.2, 0.25) is 0 Å². The van der Waals surface area contributed by atoms with E-state index in [9.17, 15) is 4.79 Å². The van der Waals surface area contributed by atoms with Gasteiger partial charge in [0.05, 0.1) is 5.56 Å². The van der Waals surface area contributed by atoms with Crippen LogP contribution < -0.4 is 0 Å². The minimum Gasteiger partial charge on any atom is -0.458 e. The Kier molecular flexibility index (Phi) is 2.55. The number of hydrogen-bond donors (Lipinski definition) is 0. The van der Waals surface area contributed by atoms with Gasteiger partial charge in [-0.1, -0.05) is 17.1 Å². The summed E-state index contributed by atoms with van der Waals surface area (Å²) in [6, 6.07) is 0. The van der Waals surface area contributed by atoms with E-state index in [1.54, 1.807) is 5.38 Å². The summed E-state index contributed by atoms with van der Waals surface area (Å²) in [5.74, 6) is -0.345. The van der Waals surface area contributed by atoms with Crippen molar-refractivity contribution >= 4 is 38.4 Å². The lowest BCUT2D eigenvalue weighted by Crippen LogP contribution is -2.03. The number of esters is 1. The molecular formula is C8H6N2O2S2. The molecular weight excluding hydrogens is 220 g/mol. The predicted octanol–water partition coefficient (Wildman–Crippen LogP) is 2.10. The van der Waals surface area contributed by atoms with Gasteiger partial charge in [0.15, 0.2) is 4.83 Å². The zero-order chi connectivity index (χ0) is 9.97. The summed E-state index contributed by atoms with van der Waals surface area (Å²) < 4.78 is 9.47. The minimum absolute atomic E-state index is 0.225.